The van der Waals surface area contributed by atoms with E-state index in [9.17, 15) is 8.42 Å². The summed E-state index contributed by atoms with van der Waals surface area (Å²) in [6.45, 7) is 1.65. The Morgan fingerprint density at radius 2 is 1.82 bits per heavy atom. The fraction of sp³-hybridized carbons (Fsp3) is 0.250. The highest BCUT2D eigenvalue weighted by Gasteiger charge is 2.27. The Kier molecular flexibility index (Phi) is 5.95. The monoisotopic (exact) mass is 482 g/mol. The molecule has 0 unspecified atom stereocenters. The summed E-state index contributed by atoms with van der Waals surface area (Å²) in [6, 6.07) is 17.7. The zero-order valence-electron chi connectivity index (χ0n) is 17.8. The zero-order valence-corrected chi connectivity index (χ0v) is 19.4. The summed E-state index contributed by atoms with van der Waals surface area (Å²) >= 11 is 6.09. The van der Waals surface area contributed by atoms with Gasteiger partial charge in [-0.1, -0.05) is 35.9 Å². The van der Waals surface area contributed by atoms with Crippen LogP contribution in [0, 0.1) is 0 Å². The molecule has 2 aliphatic heterocycles. The van der Waals surface area contributed by atoms with Crippen molar-refractivity contribution in [2.75, 3.05) is 17.8 Å². The summed E-state index contributed by atoms with van der Waals surface area (Å²) in [4.78, 5) is 11.0. The molecule has 3 aromatic rings. The number of hydrogen-bond donors (Lipinski definition) is 1. The van der Waals surface area contributed by atoms with Crippen molar-refractivity contribution in [3.63, 3.8) is 0 Å². The van der Waals surface area contributed by atoms with Gasteiger partial charge >= 0.3 is 0 Å². The Balaban J connectivity index is 1.23. The third-order valence-electron chi connectivity index (χ3n) is 5.79. The molecule has 9 heteroatoms. The fourth-order valence-electron chi connectivity index (χ4n) is 4.09. The topological polar surface area (TPSA) is 83.9 Å². The number of ether oxygens (including phenoxy) is 1. The van der Waals surface area contributed by atoms with Gasteiger partial charge in [-0.05, 0) is 42.0 Å². The van der Waals surface area contributed by atoms with E-state index < -0.39 is 10.0 Å². The molecule has 0 radical (unpaired) electrons. The molecular weight excluding hydrogens is 460 g/mol. The van der Waals surface area contributed by atoms with E-state index in [1.54, 1.807) is 30.3 Å². The lowest BCUT2D eigenvalue weighted by molar-refractivity contribution is 0.131. The van der Waals surface area contributed by atoms with Gasteiger partial charge in [0, 0.05) is 43.6 Å². The molecule has 170 valence electrons. The Labute approximate surface area is 198 Å². The second-order valence-electron chi connectivity index (χ2n) is 8.05. The van der Waals surface area contributed by atoms with Crippen LogP contribution in [0.15, 0.2) is 76.9 Å². The van der Waals surface area contributed by atoms with Crippen molar-refractivity contribution in [2.45, 2.75) is 30.4 Å². The number of piperidine rings is 1. The number of benzene rings is 2. The van der Waals surface area contributed by atoms with E-state index in [1.165, 1.54) is 17.8 Å². The standard InChI is InChI=1S/C24H23ClN4O3S/c25-18-9-8-17-15-23(27-21(17)16-18)29-13-10-19(11-14-29)32-22-6-2-1-5-20(22)28-33(30,31)24-7-3-4-12-26-24/h1-9,12,16,19,28H,10-11,13-15H2. The van der Waals surface area contributed by atoms with Crippen LogP contribution in [0.3, 0.4) is 0 Å². The molecule has 0 amide bonds. The van der Waals surface area contributed by atoms with Crippen molar-refractivity contribution in [2.24, 2.45) is 4.99 Å². The van der Waals surface area contributed by atoms with Gasteiger partial charge in [0.15, 0.2) is 5.03 Å². The number of fused-ring (bicyclic) bond motifs is 1. The number of nitrogens with one attached hydrogen (secondary N) is 1. The highest BCUT2D eigenvalue weighted by atomic mass is 35.5. The van der Waals surface area contributed by atoms with Crippen LogP contribution >= 0.6 is 11.6 Å². The summed E-state index contributed by atoms with van der Waals surface area (Å²) in [5.74, 6) is 1.57. The number of rotatable bonds is 5. The first-order chi connectivity index (χ1) is 16.0. The number of nitrogens with zero attached hydrogens (tertiary/aromatic N) is 3. The molecule has 0 aliphatic carbocycles. The van der Waals surface area contributed by atoms with Crippen LogP contribution in [0.2, 0.25) is 5.02 Å². The second kappa shape index (κ2) is 9.03. The maximum atomic E-state index is 12.7. The summed E-state index contributed by atoms with van der Waals surface area (Å²) < 4.78 is 34.2. The van der Waals surface area contributed by atoms with Gasteiger partial charge in [-0.2, -0.15) is 8.42 Å². The van der Waals surface area contributed by atoms with Crippen LogP contribution < -0.4 is 9.46 Å². The van der Waals surface area contributed by atoms with Crippen LogP contribution in [0.1, 0.15) is 18.4 Å². The Hall–Kier alpha value is -3.10. The average Bonchev–Trinajstić information content (AvgIpc) is 3.24. The first-order valence-corrected chi connectivity index (χ1v) is 12.6. The van der Waals surface area contributed by atoms with E-state index in [0.717, 1.165) is 43.9 Å². The van der Waals surface area contributed by atoms with Gasteiger partial charge in [0.05, 0.1) is 11.4 Å². The highest BCUT2D eigenvalue weighted by Crippen LogP contribution is 2.32. The minimum absolute atomic E-state index is 0.0134. The van der Waals surface area contributed by atoms with Crippen LogP contribution in [-0.4, -0.2) is 43.3 Å². The first kappa shape index (κ1) is 21.7. The van der Waals surface area contributed by atoms with E-state index in [2.05, 4.69) is 14.6 Å². The molecule has 0 spiro atoms. The summed E-state index contributed by atoms with van der Waals surface area (Å²) in [5.41, 5.74) is 2.55. The maximum Gasteiger partial charge on any atom is 0.279 e. The maximum absolute atomic E-state index is 12.7. The van der Waals surface area contributed by atoms with Gasteiger partial charge in [-0.15, -0.1) is 0 Å². The number of hydrogen-bond acceptors (Lipinski definition) is 6. The lowest BCUT2D eigenvalue weighted by atomic mass is 10.1. The lowest BCUT2D eigenvalue weighted by Crippen LogP contribution is -2.41. The normalized spacial score (nSPS) is 16.3. The summed E-state index contributed by atoms with van der Waals surface area (Å²) in [6.07, 6.45) is 3.89. The number of pyridine rings is 1. The molecule has 0 bridgehead atoms. The summed E-state index contributed by atoms with van der Waals surface area (Å²) in [5, 5.41) is 0.663. The number of anilines is 1. The molecule has 7 nitrogen and oxygen atoms in total. The third-order valence-corrected chi connectivity index (χ3v) is 7.31. The Bertz CT molecular complexity index is 1290. The van der Waals surface area contributed by atoms with Crippen molar-refractivity contribution in [1.29, 1.82) is 0 Å². The van der Waals surface area contributed by atoms with Crippen LogP contribution in [0.25, 0.3) is 0 Å². The molecule has 0 atom stereocenters. The van der Waals surface area contributed by atoms with Gasteiger partial charge in [0.2, 0.25) is 0 Å². The number of para-hydroxylation sites is 2. The van der Waals surface area contributed by atoms with Gasteiger partial charge in [-0.3, -0.25) is 4.72 Å². The average molecular weight is 483 g/mol. The molecule has 5 rings (SSSR count). The quantitative estimate of drug-likeness (QED) is 0.571. The Morgan fingerprint density at radius 3 is 2.61 bits per heavy atom. The van der Waals surface area contributed by atoms with Crippen LogP contribution in [0.5, 0.6) is 5.75 Å². The SMILES string of the molecule is O=S(=O)(Nc1ccccc1OC1CCN(C2=Nc3cc(Cl)ccc3C2)CC1)c1ccccn1. The van der Waals surface area contributed by atoms with Crippen molar-refractivity contribution < 1.29 is 13.2 Å². The second-order valence-corrected chi connectivity index (χ2v) is 10.1. The minimum Gasteiger partial charge on any atom is -0.488 e. The van der Waals surface area contributed by atoms with Crippen LogP contribution in [-0.2, 0) is 16.4 Å². The smallest absolute Gasteiger partial charge is 0.279 e. The third kappa shape index (κ3) is 4.82. The molecule has 1 N–H and O–H groups in total. The largest absolute Gasteiger partial charge is 0.488 e. The van der Waals surface area contributed by atoms with Crippen molar-refractivity contribution in [3.05, 3.63) is 77.4 Å². The van der Waals surface area contributed by atoms with Gasteiger partial charge in [-0.25, -0.2) is 9.98 Å². The van der Waals surface area contributed by atoms with Crippen molar-refractivity contribution in [1.82, 2.24) is 9.88 Å². The minimum atomic E-state index is -3.80. The van der Waals surface area contributed by atoms with Crippen LogP contribution in [0.4, 0.5) is 11.4 Å². The predicted octanol–water partition coefficient (Wildman–Crippen LogP) is 4.67. The van der Waals surface area contributed by atoms with Gasteiger partial charge in [0.1, 0.15) is 17.7 Å². The molecule has 0 saturated carbocycles. The van der Waals surface area contributed by atoms with E-state index in [0.29, 0.717) is 16.5 Å². The molecule has 2 aliphatic rings. The van der Waals surface area contributed by atoms with Gasteiger partial charge < -0.3 is 9.64 Å². The fourth-order valence-corrected chi connectivity index (χ4v) is 5.28. The summed E-state index contributed by atoms with van der Waals surface area (Å²) in [7, 11) is -3.80. The van der Waals surface area contributed by atoms with Crippen molar-refractivity contribution in [3.8, 4) is 5.75 Å². The molecule has 1 fully saturated rings. The number of halogens is 1. The molecule has 2 aromatic carbocycles. The van der Waals surface area contributed by atoms with Crippen molar-refractivity contribution >= 4 is 38.8 Å². The first-order valence-electron chi connectivity index (χ1n) is 10.8. The molecule has 1 aromatic heterocycles. The molecule has 1 saturated heterocycles. The predicted molar refractivity (Wildman–Crippen MR) is 129 cm³/mol. The van der Waals surface area contributed by atoms with E-state index >= 15 is 0 Å². The number of aromatic nitrogens is 1. The number of sulfonamides is 1. The van der Waals surface area contributed by atoms with E-state index in [4.69, 9.17) is 21.3 Å². The molecular formula is C24H23ClN4O3S. The number of aliphatic imine (C=N–C) groups is 1. The van der Waals surface area contributed by atoms with E-state index in [-0.39, 0.29) is 11.1 Å². The number of amidine groups is 1. The van der Waals surface area contributed by atoms with Gasteiger partial charge in [0.25, 0.3) is 10.0 Å². The lowest BCUT2D eigenvalue weighted by Gasteiger charge is -2.33. The Morgan fingerprint density at radius 1 is 1.03 bits per heavy atom. The van der Waals surface area contributed by atoms with E-state index in [1.807, 2.05) is 24.3 Å². The highest BCUT2D eigenvalue weighted by molar-refractivity contribution is 7.92. The zero-order chi connectivity index (χ0) is 22.8. The number of likely N-dealkylation sites (tertiary alicyclic amines) is 1. The molecule has 3 heterocycles. The molecule has 33 heavy (non-hydrogen) atoms.